The molecule has 4 nitrogen and oxygen atoms in total. The van der Waals surface area contributed by atoms with Gasteiger partial charge in [-0.15, -0.1) is 0 Å². The molecule has 1 fully saturated rings. The third kappa shape index (κ3) is 3.55. The maximum atomic E-state index is 12.0. The first-order valence-corrected chi connectivity index (χ1v) is 6.84. The number of likely N-dealkylation sites (N-methyl/N-ethyl adjacent to an activating group) is 1. The minimum Gasteiger partial charge on any atom is -0.340 e. The summed E-state index contributed by atoms with van der Waals surface area (Å²) >= 11 is 0. The van der Waals surface area contributed by atoms with E-state index in [0.717, 1.165) is 19.5 Å². The minimum absolute atomic E-state index is 0.191. The van der Waals surface area contributed by atoms with Crippen molar-refractivity contribution in [2.45, 2.75) is 25.9 Å². The summed E-state index contributed by atoms with van der Waals surface area (Å²) in [5.74, 6) is 0.191. The van der Waals surface area contributed by atoms with Gasteiger partial charge in [-0.1, -0.05) is 29.8 Å². The molecule has 0 bridgehead atoms. The molecule has 1 amide bonds. The van der Waals surface area contributed by atoms with Crippen molar-refractivity contribution >= 4 is 5.91 Å². The Labute approximate surface area is 115 Å². The molecule has 1 aromatic carbocycles. The Balaban J connectivity index is 2.00. The van der Waals surface area contributed by atoms with Crippen LogP contribution in [0.15, 0.2) is 24.3 Å². The van der Waals surface area contributed by atoms with Gasteiger partial charge < -0.3 is 10.6 Å². The van der Waals surface area contributed by atoms with Gasteiger partial charge >= 0.3 is 0 Å². The number of nitrogens with two attached hydrogens (primary N) is 1. The Hall–Kier alpha value is -1.39. The van der Waals surface area contributed by atoms with Gasteiger partial charge in [0.15, 0.2) is 0 Å². The van der Waals surface area contributed by atoms with Crippen molar-refractivity contribution in [1.29, 1.82) is 0 Å². The molecule has 1 aliphatic rings. The highest BCUT2D eigenvalue weighted by atomic mass is 16.2. The van der Waals surface area contributed by atoms with Crippen LogP contribution in [-0.2, 0) is 11.3 Å². The highest BCUT2D eigenvalue weighted by Gasteiger charge is 2.29. The third-order valence-corrected chi connectivity index (χ3v) is 3.80. The number of hydrogen-bond donors (Lipinski definition) is 1. The first-order valence-electron chi connectivity index (χ1n) is 6.84. The molecule has 1 saturated heterocycles. The summed E-state index contributed by atoms with van der Waals surface area (Å²) in [7, 11) is 1.88. The van der Waals surface area contributed by atoms with E-state index in [1.165, 1.54) is 11.1 Å². The Morgan fingerprint density at radius 3 is 2.63 bits per heavy atom. The fraction of sp³-hybridized carbons (Fsp3) is 0.533. The van der Waals surface area contributed by atoms with Gasteiger partial charge in [-0.05, 0) is 25.5 Å². The molecule has 1 heterocycles. The van der Waals surface area contributed by atoms with Gasteiger partial charge in [0.2, 0.25) is 5.91 Å². The Morgan fingerprint density at radius 1 is 1.32 bits per heavy atom. The lowest BCUT2D eigenvalue weighted by atomic mass is 10.1. The van der Waals surface area contributed by atoms with Crippen LogP contribution in [-0.4, -0.2) is 48.4 Å². The molecular formula is C15H23N3O. The predicted molar refractivity (Wildman–Crippen MR) is 76.7 cm³/mol. The molecule has 2 rings (SSSR count). The summed E-state index contributed by atoms with van der Waals surface area (Å²) in [6.45, 7) is 4.96. The summed E-state index contributed by atoms with van der Waals surface area (Å²) in [6, 6.07) is 8.75. The molecule has 0 saturated carbocycles. The maximum absolute atomic E-state index is 12.0. The van der Waals surface area contributed by atoms with E-state index in [1.807, 2.05) is 11.9 Å². The van der Waals surface area contributed by atoms with E-state index in [2.05, 4.69) is 36.1 Å². The van der Waals surface area contributed by atoms with Crippen molar-refractivity contribution in [3.05, 3.63) is 35.4 Å². The standard InChI is InChI=1S/C15H23N3O/c1-12-3-5-13(6-4-12)9-18-10-14(7-8-16)17(2)15(19)11-18/h3-6,14H,7-11,16H2,1-2H3. The van der Waals surface area contributed by atoms with Gasteiger partial charge in [0, 0.05) is 26.2 Å². The van der Waals surface area contributed by atoms with Gasteiger partial charge in [-0.2, -0.15) is 0 Å². The SMILES string of the molecule is Cc1ccc(CN2CC(=O)N(C)C(CCN)C2)cc1. The van der Waals surface area contributed by atoms with E-state index < -0.39 is 0 Å². The topological polar surface area (TPSA) is 49.6 Å². The van der Waals surface area contributed by atoms with Crippen LogP contribution >= 0.6 is 0 Å². The molecule has 1 aromatic rings. The van der Waals surface area contributed by atoms with Gasteiger partial charge in [0.25, 0.3) is 0 Å². The minimum atomic E-state index is 0.191. The van der Waals surface area contributed by atoms with E-state index in [9.17, 15) is 4.79 Å². The highest BCUT2D eigenvalue weighted by molar-refractivity contribution is 5.79. The lowest BCUT2D eigenvalue weighted by Crippen LogP contribution is -2.54. The second kappa shape index (κ2) is 6.17. The summed E-state index contributed by atoms with van der Waals surface area (Å²) in [6.07, 6.45) is 0.868. The molecule has 1 atom stereocenters. The van der Waals surface area contributed by atoms with Crippen molar-refractivity contribution in [3.8, 4) is 0 Å². The van der Waals surface area contributed by atoms with E-state index in [0.29, 0.717) is 13.1 Å². The highest BCUT2D eigenvalue weighted by Crippen LogP contribution is 2.15. The molecule has 0 radical (unpaired) electrons. The van der Waals surface area contributed by atoms with Crippen LogP contribution in [0.3, 0.4) is 0 Å². The number of nitrogens with zero attached hydrogens (tertiary/aromatic N) is 2. The van der Waals surface area contributed by atoms with Crippen LogP contribution in [0.25, 0.3) is 0 Å². The molecule has 4 heteroatoms. The van der Waals surface area contributed by atoms with Crippen LogP contribution in [0.5, 0.6) is 0 Å². The van der Waals surface area contributed by atoms with E-state index >= 15 is 0 Å². The van der Waals surface area contributed by atoms with Crippen molar-refractivity contribution < 1.29 is 4.79 Å². The Kier molecular flexibility index (Phi) is 4.56. The normalized spacial score (nSPS) is 20.9. The average Bonchev–Trinajstić information content (AvgIpc) is 2.38. The van der Waals surface area contributed by atoms with Gasteiger partial charge in [0.1, 0.15) is 0 Å². The summed E-state index contributed by atoms with van der Waals surface area (Å²) in [5.41, 5.74) is 8.15. The van der Waals surface area contributed by atoms with Gasteiger partial charge in [0.05, 0.1) is 6.54 Å². The van der Waals surface area contributed by atoms with Crippen molar-refractivity contribution in [2.75, 3.05) is 26.7 Å². The van der Waals surface area contributed by atoms with E-state index in [1.54, 1.807) is 0 Å². The first kappa shape index (κ1) is 14.0. The number of amides is 1. The van der Waals surface area contributed by atoms with Crippen LogP contribution in [0.4, 0.5) is 0 Å². The largest absolute Gasteiger partial charge is 0.340 e. The monoisotopic (exact) mass is 261 g/mol. The molecular weight excluding hydrogens is 238 g/mol. The first-order chi connectivity index (χ1) is 9.10. The molecule has 0 spiro atoms. The number of carbonyl (C=O) groups is 1. The van der Waals surface area contributed by atoms with Gasteiger partial charge in [-0.3, -0.25) is 9.69 Å². The fourth-order valence-electron chi connectivity index (χ4n) is 2.54. The van der Waals surface area contributed by atoms with Crippen molar-refractivity contribution in [2.24, 2.45) is 5.73 Å². The Morgan fingerprint density at radius 2 is 2.00 bits per heavy atom. The quantitative estimate of drug-likeness (QED) is 0.879. The van der Waals surface area contributed by atoms with Crippen LogP contribution in [0.2, 0.25) is 0 Å². The number of rotatable bonds is 4. The molecule has 0 aliphatic carbocycles. The molecule has 1 unspecified atom stereocenters. The predicted octanol–water partition coefficient (Wildman–Crippen LogP) is 0.986. The third-order valence-electron chi connectivity index (χ3n) is 3.80. The number of carbonyl (C=O) groups excluding carboxylic acids is 1. The van der Waals surface area contributed by atoms with Crippen LogP contribution in [0, 0.1) is 6.92 Å². The molecule has 19 heavy (non-hydrogen) atoms. The number of piperazine rings is 1. The summed E-state index contributed by atoms with van der Waals surface area (Å²) in [4.78, 5) is 16.0. The fourth-order valence-corrected chi connectivity index (χ4v) is 2.54. The molecule has 2 N–H and O–H groups in total. The summed E-state index contributed by atoms with van der Waals surface area (Å²) < 4.78 is 0. The zero-order valence-corrected chi connectivity index (χ0v) is 11.8. The second-order valence-electron chi connectivity index (χ2n) is 5.39. The maximum Gasteiger partial charge on any atom is 0.236 e. The smallest absolute Gasteiger partial charge is 0.236 e. The van der Waals surface area contributed by atoms with Crippen LogP contribution < -0.4 is 5.73 Å². The van der Waals surface area contributed by atoms with E-state index in [-0.39, 0.29) is 11.9 Å². The average molecular weight is 261 g/mol. The zero-order chi connectivity index (χ0) is 13.8. The van der Waals surface area contributed by atoms with E-state index in [4.69, 9.17) is 5.73 Å². The molecule has 104 valence electrons. The lowest BCUT2D eigenvalue weighted by molar-refractivity contribution is -0.138. The van der Waals surface area contributed by atoms with Crippen molar-refractivity contribution in [1.82, 2.24) is 9.80 Å². The number of benzene rings is 1. The van der Waals surface area contributed by atoms with Crippen LogP contribution in [0.1, 0.15) is 17.5 Å². The van der Waals surface area contributed by atoms with Crippen molar-refractivity contribution in [3.63, 3.8) is 0 Å². The van der Waals surface area contributed by atoms with Gasteiger partial charge in [-0.25, -0.2) is 0 Å². The number of hydrogen-bond acceptors (Lipinski definition) is 3. The number of aryl methyl sites for hydroxylation is 1. The lowest BCUT2D eigenvalue weighted by Gasteiger charge is -2.39. The Bertz CT molecular complexity index is 430. The second-order valence-corrected chi connectivity index (χ2v) is 5.39. The molecule has 1 aliphatic heterocycles. The summed E-state index contributed by atoms with van der Waals surface area (Å²) in [5, 5.41) is 0. The molecule has 0 aromatic heterocycles. The zero-order valence-electron chi connectivity index (χ0n) is 11.8.